The molecule has 0 saturated heterocycles. The molecule has 1 aliphatic heterocycles. The summed E-state index contributed by atoms with van der Waals surface area (Å²) in [6, 6.07) is 6.77. The van der Waals surface area contributed by atoms with Gasteiger partial charge in [0.25, 0.3) is 0 Å². The van der Waals surface area contributed by atoms with E-state index in [0.717, 1.165) is 25.1 Å². The standard InChI is InChI=1S/C16H23N3O/c1-11(2)19-15(17)18-10-16(19)8-4-5-12-6-7-13(20-3)9-14(12)16/h6-7,9,11H,4-5,8,10H2,1-3H3,(H2,17,18). The second-order valence-corrected chi connectivity index (χ2v) is 6.05. The Hall–Kier alpha value is -1.71. The number of rotatable bonds is 2. The first kappa shape index (κ1) is 13.3. The van der Waals surface area contributed by atoms with Crippen LogP contribution in [-0.4, -0.2) is 30.6 Å². The van der Waals surface area contributed by atoms with Crippen molar-refractivity contribution in [3.05, 3.63) is 29.3 Å². The lowest BCUT2D eigenvalue weighted by Gasteiger charge is -2.45. The van der Waals surface area contributed by atoms with Crippen molar-refractivity contribution < 1.29 is 4.74 Å². The zero-order valence-corrected chi connectivity index (χ0v) is 12.5. The van der Waals surface area contributed by atoms with Gasteiger partial charge in [-0.25, -0.2) is 0 Å². The zero-order valence-electron chi connectivity index (χ0n) is 12.5. The molecular formula is C16H23N3O. The number of hydrogen-bond donors (Lipinski definition) is 1. The number of aliphatic imine (C=N–C) groups is 1. The minimum atomic E-state index is -0.0691. The van der Waals surface area contributed by atoms with E-state index < -0.39 is 0 Å². The number of benzene rings is 1. The van der Waals surface area contributed by atoms with Crippen LogP contribution in [-0.2, 0) is 12.0 Å². The number of hydrogen-bond acceptors (Lipinski definition) is 4. The van der Waals surface area contributed by atoms with Crippen LogP contribution in [0, 0.1) is 0 Å². The van der Waals surface area contributed by atoms with Crippen LogP contribution in [0.5, 0.6) is 5.75 Å². The largest absolute Gasteiger partial charge is 0.497 e. The van der Waals surface area contributed by atoms with Gasteiger partial charge in [-0.05, 0) is 56.4 Å². The molecule has 108 valence electrons. The Bertz CT molecular complexity index is 553. The molecule has 1 aromatic carbocycles. The minimum absolute atomic E-state index is 0.0691. The number of aryl methyl sites for hydroxylation is 1. The van der Waals surface area contributed by atoms with Crippen LogP contribution in [0.4, 0.5) is 0 Å². The first-order valence-corrected chi connectivity index (χ1v) is 7.35. The van der Waals surface area contributed by atoms with E-state index in [-0.39, 0.29) is 5.54 Å². The van der Waals surface area contributed by atoms with Crippen molar-refractivity contribution >= 4 is 5.96 Å². The normalized spacial score (nSPS) is 25.0. The summed E-state index contributed by atoms with van der Waals surface area (Å²) in [6.07, 6.45) is 3.42. The quantitative estimate of drug-likeness (QED) is 0.899. The highest BCUT2D eigenvalue weighted by Crippen LogP contribution is 2.45. The number of guanidine groups is 1. The van der Waals surface area contributed by atoms with Crippen molar-refractivity contribution in [1.82, 2.24) is 4.90 Å². The predicted octanol–water partition coefficient (Wildman–Crippen LogP) is 2.27. The van der Waals surface area contributed by atoms with Crippen LogP contribution in [0.25, 0.3) is 0 Å². The van der Waals surface area contributed by atoms with Crippen molar-refractivity contribution in [3.63, 3.8) is 0 Å². The number of nitrogens with zero attached hydrogens (tertiary/aromatic N) is 2. The first-order valence-electron chi connectivity index (χ1n) is 7.35. The molecule has 20 heavy (non-hydrogen) atoms. The summed E-state index contributed by atoms with van der Waals surface area (Å²) in [7, 11) is 1.72. The van der Waals surface area contributed by atoms with E-state index in [0.29, 0.717) is 12.0 Å². The topological polar surface area (TPSA) is 50.9 Å². The molecule has 4 nitrogen and oxygen atoms in total. The molecule has 1 unspecified atom stereocenters. The molecule has 0 radical (unpaired) electrons. The summed E-state index contributed by atoms with van der Waals surface area (Å²) in [5, 5.41) is 0. The van der Waals surface area contributed by atoms with Crippen LogP contribution >= 0.6 is 0 Å². The van der Waals surface area contributed by atoms with Gasteiger partial charge in [0.1, 0.15) is 5.75 Å². The molecule has 0 saturated carbocycles. The molecule has 1 atom stereocenters. The molecule has 0 amide bonds. The molecule has 4 heteroatoms. The Balaban J connectivity index is 2.13. The molecular weight excluding hydrogens is 250 g/mol. The number of nitrogens with two attached hydrogens (primary N) is 1. The van der Waals surface area contributed by atoms with Crippen LogP contribution in [0.2, 0.25) is 0 Å². The van der Waals surface area contributed by atoms with E-state index in [1.54, 1.807) is 7.11 Å². The third-order valence-electron chi connectivity index (χ3n) is 4.58. The summed E-state index contributed by atoms with van der Waals surface area (Å²) in [5.41, 5.74) is 8.85. The number of ether oxygens (including phenoxy) is 1. The minimum Gasteiger partial charge on any atom is -0.497 e. The fourth-order valence-electron chi connectivity index (χ4n) is 3.80. The van der Waals surface area contributed by atoms with Gasteiger partial charge < -0.3 is 15.4 Å². The molecule has 3 rings (SSSR count). The van der Waals surface area contributed by atoms with Gasteiger partial charge in [-0.2, -0.15) is 0 Å². The highest BCUT2D eigenvalue weighted by Gasteiger charge is 2.47. The van der Waals surface area contributed by atoms with Gasteiger partial charge in [-0.1, -0.05) is 6.07 Å². The molecule has 0 bridgehead atoms. The average Bonchev–Trinajstić information content (AvgIpc) is 2.77. The molecule has 1 spiro atoms. The van der Waals surface area contributed by atoms with Gasteiger partial charge in [0.05, 0.1) is 19.2 Å². The Morgan fingerprint density at radius 1 is 1.40 bits per heavy atom. The van der Waals surface area contributed by atoms with Gasteiger partial charge in [-0.3, -0.25) is 4.99 Å². The Labute approximate surface area is 120 Å². The molecule has 0 fully saturated rings. The average molecular weight is 273 g/mol. The summed E-state index contributed by atoms with van der Waals surface area (Å²) < 4.78 is 5.42. The highest BCUT2D eigenvalue weighted by molar-refractivity contribution is 5.82. The Morgan fingerprint density at radius 2 is 2.20 bits per heavy atom. The Morgan fingerprint density at radius 3 is 2.90 bits per heavy atom. The van der Waals surface area contributed by atoms with Crippen LogP contribution in [0.3, 0.4) is 0 Å². The molecule has 1 aromatic rings. The lowest BCUT2D eigenvalue weighted by atomic mass is 9.75. The van der Waals surface area contributed by atoms with Gasteiger partial charge in [0.2, 0.25) is 0 Å². The van der Waals surface area contributed by atoms with Crippen molar-refractivity contribution in [2.24, 2.45) is 10.7 Å². The van der Waals surface area contributed by atoms with Crippen molar-refractivity contribution in [1.29, 1.82) is 0 Å². The summed E-state index contributed by atoms with van der Waals surface area (Å²) in [6.45, 7) is 5.13. The van der Waals surface area contributed by atoms with Crippen molar-refractivity contribution in [3.8, 4) is 5.75 Å². The van der Waals surface area contributed by atoms with Crippen molar-refractivity contribution in [2.75, 3.05) is 13.7 Å². The van der Waals surface area contributed by atoms with Gasteiger partial charge in [0.15, 0.2) is 5.96 Å². The molecule has 1 aliphatic carbocycles. The zero-order chi connectivity index (χ0) is 14.3. The van der Waals surface area contributed by atoms with Crippen LogP contribution in [0.15, 0.2) is 23.2 Å². The number of methoxy groups -OCH3 is 1. The van der Waals surface area contributed by atoms with E-state index in [1.807, 2.05) is 0 Å². The third-order valence-corrected chi connectivity index (χ3v) is 4.58. The van der Waals surface area contributed by atoms with Gasteiger partial charge >= 0.3 is 0 Å². The van der Waals surface area contributed by atoms with Crippen LogP contribution < -0.4 is 10.5 Å². The highest BCUT2D eigenvalue weighted by atomic mass is 16.5. The fourth-order valence-corrected chi connectivity index (χ4v) is 3.80. The summed E-state index contributed by atoms with van der Waals surface area (Å²) in [4.78, 5) is 6.85. The van der Waals surface area contributed by atoms with E-state index in [4.69, 9.17) is 10.5 Å². The smallest absolute Gasteiger partial charge is 0.192 e. The maximum atomic E-state index is 6.16. The second-order valence-electron chi connectivity index (χ2n) is 6.05. The SMILES string of the molecule is COc1ccc2c(c1)C1(CCC2)CN=C(N)N1C(C)C. The lowest BCUT2D eigenvalue weighted by Crippen LogP contribution is -2.54. The van der Waals surface area contributed by atoms with Crippen molar-refractivity contribution in [2.45, 2.75) is 44.7 Å². The van der Waals surface area contributed by atoms with Crippen LogP contribution in [0.1, 0.15) is 37.8 Å². The lowest BCUT2D eigenvalue weighted by molar-refractivity contribution is 0.140. The van der Waals surface area contributed by atoms with E-state index in [2.05, 4.69) is 41.9 Å². The first-order chi connectivity index (χ1) is 9.58. The third kappa shape index (κ3) is 1.78. The predicted molar refractivity (Wildman–Crippen MR) is 81.1 cm³/mol. The molecule has 2 N–H and O–H groups in total. The van der Waals surface area contributed by atoms with Gasteiger partial charge in [0, 0.05) is 6.04 Å². The summed E-state index contributed by atoms with van der Waals surface area (Å²) in [5.74, 6) is 1.59. The van der Waals surface area contributed by atoms with E-state index >= 15 is 0 Å². The maximum absolute atomic E-state index is 6.16. The second kappa shape index (κ2) is 4.69. The maximum Gasteiger partial charge on any atom is 0.192 e. The molecule has 2 aliphatic rings. The Kier molecular flexibility index (Phi) is 3.11. The molecule has 0 aromatic heterocycles. The monoisotopic (exact) mass is 273 g/mol. The summed E-state index contributed by atoms with van der Waals surface area (Å²) >= 11 is 0. The van der Waals surface area contributed by atoms with E-state index in [9.17, 15) is 0 Å². The molecule has 1 heterocycles. The fraction of sp³-hybridized carbons (Fsp3) is 0.562. The van der Waals surface area contributed by atoms with E-state index in [1.165, 1.54) is 17.5 Å². The van der Waals surface area contributed by atoms with Gasteiger partial charge in [-0.15, -0.1) is 0 Å². The number of fused-ring (bicyclic) bond motifs is 2.